The second-order valence-corrected chi connectivity index (χ2v) is 8.88. The molecule has 0 radical (unpaired) electrons. The van der Waals surface area contributed by atoms with Gasteiger partial charge in [-0.3, -0.25) is 14.3 Å². The standard InChI is InChI=1S/C26H29F2N5O6/c1-4-37-26(36)32-11-9-31(10-12-32)25(35)17(3)33-14-21(16(2)30-33)29-24(34)23-8-6-19(39-23)15-38-22-7-5-18(27)13-20(22)28/h5-8,13-14,17H,4,9-12,15H2,1-3H3,(H,29,34). The molecule has 1 saturated heterocycles. The Bertz CT molecular complexity index is 1350. The van der Waals surface area contributed by atoms with E-state index in [1.54, 1.807) is 36.8 Å². The van der Waals surface area contributed by atoms with Crippen LogP contribution in [0.2, 0.25) is 0 Å². The lowest BCUT2D eigenvalue weighted by atomic mass is 10.2. The average Bonchev–Trinajstić information content (AvgIpc) is 3.54. The van der Waals surface area contributed by atoms with Crippen LogP contribution in [0.3, 0.4) is 0 Å². The van der Waals surface area contributed by atoms with Gasteiger partial charge in [0.2, 0.25) is 5.91 Å². The molecule has 3 heterocycles. The molecular formula is C26H29F2N5O6. The van der Waals surface area contributed by atoms with Gasteiger partial charge in [0.15, 0.2) is 17.3 Å². The van der Waals surface area contributed by atoms with Gasteiger partial charge >= 0.3 is 6.09 Å². The number of nitrogens with zero attached hydrogens (tertiary/aromatic N) is 4. The highest BCUT2D eigenvalue weighted by Crippen LogP contribution is 2.22. The SMILES string of the molecule is CCOC(=O)N1CCN(C(=O)C(C)n2cc(NC(=O)c3ccc(COc4ccc(F)cc4F)o3)c(C)n2)CC1. The molecule has 1 N–H and O–H groups in total. The van der Waals surface area contributed by atoms with Gasteiger partial charge in [-0.25, -0.2) is 13.6 Å². The predicted molar refractivity (Wildman–Crippen MR) is 134 cm³/mol. The summed E-state index contributed by atoms with van der Waals surface area (Å²) in [6, 6.07) is 5.26. The second-order valence-electron chi connectivity index (χ2n) is 8.88. The minimum absolute atomic E-state index is 0.0103. The van der Waals surface area contributed by atoms with Gasteiger partial charge in [-0.05, 0) is 45.0 Å². The van der Waals surface area contributed by atoms with Crippen LogP contribution in [0.5, 0.6) is 5.75 Å². The summed E-state index contributed by atoms with van der Waals surface area (Å²) in [4.78, 5) is 40.9. The van der Waals surface area contributed by atoms with E-state index in [2.05, 4.69) is 10.4 Å². The summed E-state index contributed by atoms with van der Waals surface area (Å²) in [7, 11) is 0. The Morgan fingerprint density at radius 3 is 2.51 bits per heavy atom. The van der Waals surface area contributed by atoms with E-state index in [0.717, 1.165) is 12.1 Å². The second kappa shape index (κ2) is 12.0. The largest absolute Gasteiger partial charge is 0.483 e. The van der Waals surface area contributed by atoms with Gasteiger partial charge in [-0.15, -0.1) is 0 Å². The summed E-state index contributed by atoms with van der Waals surface area (Å²) in [5.74, 6) is -2.17. The van der Waals surface area contributed by atoms with E-state index in [1.807, 2.05) is 0 Å². The van der Waals surface area contributed by atoms with Crippen LogP contribution in [0.15, 0.2) is 40.9 Å². The summed E-state index contributed by atoms with van der Waals surface area (Å²) < 4.78 is 44.1. The normalized spacial score (nSPS) is 14.2. The topological polar surface area (TPSA) is 119 Å². The molecule has 13 heteroatoms. The van der Waals surface area contributed by atoms with Crippen molar-refractivity contribution in [1.29, 1.82) is 0 Å². The van der Waals surface area contributed by atoms with Crippen LogP contribution < -0.4 is 10.1 Å². The van der Waals surface area contributed by atoms with E-state index in [0.29, 0.717) is 50.2 Å². The van der Waals surface area contributed by atoms with Crippen molar-refractivity contribution < 1.29 is 37.1 Å². The molecule has 2 aromatic heterocycles. The van der Waals surface area contributed by atoms with Gasteiger partial charge in [-0.1, -0.05) is 0 Å². The summed E-state index contributed by atoms with van der Waals surface area (Å²) >= 11 is 0. The van der Waals surface area contributed by atoms with Gasteiger partial charge in [-0.2, -0.15) is 5.10 Å². The summed E-state index contributed by atoms with van der Waals surface area (Å²) in [6.07, 6.45) is 1.17. The number of carbonyl (C=O) groups excluding carboxylic acids is 3. The maximum Gasteiger partial charge on any atom is 0.409 e. The van der Waals surface area contributed by atoms with Gasteiger partial charge < -0.3 is 29.0 Å². The minimum atomic E-state index is -0.848. The fourth-order valence-corrected chi connectivity index (χ4v) is 4.01. The van der Waals surface area contributed by atoms with Crippen molar-refractivity contribution in [3.05, 3.63) is 65.4 Å². The van der Waals surface area contributed by atoms with E-state index in [4.69, 9.17) is 13.9 Å². The highest BCUT2D eigenvalue weighted by atomic mass is 19.1. The summed E-state index contributed by atoms with van der Waals surface area (Å²) in [5.41, 5.74) is 0.895. The molecule has 1 fully saturated rings. The van der Waals surface area contributed by atoms with Gasteiger partial charge in [0, 0.05) is 38.4 Å². The van der Waals surface area contributed by atoms with Gasteiger partial charge in [0.1, 0.15) is 24.2 Å². The van der Waals surface area contributed by atoms with Gasteiger partial charge in [0.25, 0.3) is 5.91 Å². The number of nitrogens with one attached hydrogen (secondary N) is 1. The lowest BCUT2D eigenvalue weighted by Crippen LogP contribution is -2.52. The van der Waals surface area contributed by atoms with Crippen LogP contribution in [0.4, 0.5) is 19.3 Å². The number of piperazine rings is 1. The Labute approximate surface area is 223 Å². The molecule has 11 nitrogen and oxygen atoms in total. The van der Waals surface area contributed by atoms with Crippen LogP contribution in [-0.2, 0) is 16.1 Å². The fraction of sp³-hybridized carbons (Fsp3) is 0.385. The first-order chi connectivity index (χ1) is 18.7. The number of benzene rings is 1. The molecule has 0 saturated carbocycles. The highest BCUT2D eigenvalue weighted by molar-refractivity contribution is 6.02. The number of hydrogen-bond donors (Lipinski definition) is 1. The molecular weight excluding hydrogens is 516 g/mol. The van der Waals surface area contributed by atoms with Gasteiger partial charge in [0.05, 0.1) is 18.0 Å². The first kappa shape index (κ1) is 27.6. The van der Waals surface area contributed by atoms with E-state index in [1.165, 1.54) is 16.8 Å². The number of hydrogen-bond acceptors (Lipinski definition) is 7. The van der Waals surface area contributed by atoms with Crippen LogP contribution in [0.25, 0.3) is 0 Å². The number of amides is 3. The number of furan rings is 1. The van der Waals surface area contributed by atoms with Crippen molar-refractivity contribution >= 4 is 23.6 Å². The zero-order chi connectivity index (χ0) is 28.1. The van der Waals surface area contributed by atoms with Crippen molar-refractivity contribution in [2.24, 2.45) is 0 Å². The van der Waals surface area contributed by atoms with E-state index < -0.39 is 29.7 Å². The lowest BCUT2D eigenvalue weighted by molar-refractivity contribution is -0.136. The quantitative estimate of drug-likeness (QED) is 0.458. The molecule has 4 rings (SSSR count). The Morgan fingerprint density at radius 2 is 1.82 bits per heavy atom. The first-order valence-corrected chi connectivity index (χ1v) is 12.4. The number of ether oxygens (including phenoxy) is 2. The molecule has 208 valence electrons. The Balaban J connectivity index is 1.32. The number of halogens is 2. The number of aromatic nitrogens is 2. The maximum absolute atomic E-state index is 13.7. The molecule has 0 bridgehead atoms. The third kappa shape index (κ3) is 6.54. The number of anilines is 1. The van der Waals surface area contributed by atoms with Crippen LogP contribution in [-0.4, -0.2) is 70.3 Å². The zero-order valence-corrected chi connectivity index (χ0v) is 21.8. The molecule has 1 unspecified atom stereocenters. The molecule has 1 aromatic carbocycles. The molecule has 0 aliphatic carbocycles. The van der Waals surface area contributed by atoms with Crippen molar-refractivity contribution in [1.82, 2.24) is 19.6 Å². The summed E-state index contributed by atoms with van der Waals surface area (Å²) in [5, 5.41) is 7.09. The molecule has 1 aliphatic rings. The van der Waals surface area contributed by atoms with Crippen molar-refractivity contribution in [2.45, 2.75) is 33.4 Å². The Kier molecular flexibility index (Phi) is 8.47. The van der Waals surface area contributed by atoms with E-state index in [-0.39, 0.29) is 29.8 Å². The first-order valence-electron chi connectivity index (χ1n) is 12.4. The number of carbonyl (C=O) groups is 3. The average molecular weight is 546 g/mol. The van der Waals surface area contributed by atoms with Crippen LogP contribution in [0, 0.1) is 18.6 Å². The predicted octanol–water partition coefficient (Wildman–Crippen LogP) is 3.76. The number of aryl methyl sites for hydroxylation is 1. The molecule has 1 aliphatic heterocycles. The molecule has 39 heavy (non-hydrogen) atoms. The molecule has 0 spiro atoms. The number of rotatable bonds is 8. The van der Waals surface area contributed by atoms with E-state index >= 15 is 0 Å². The van der Waals surface area contributed by atoms with Crippen molar-refractivity contribution in [3.8, 4) is 5.75 Å². The summed E-state index contributed by atoms with van der Waals surface area (Å²) in [6.45, 7) is 6.79. The monoisotopic (exact) mass is 545 g/mol. The minimum Gasteiger partial charge on any atom is -0.483 e. The molecule has 3 amide bonds. The van der Waals surface area contributed by atoms with Crippen molar-refractivity contribution in [2.75, 3.05) is 38.1 Å². The Morgan fingerprint density at radius 1 is 1.10 bits per heavy atom. The van der Waals surface area contributed by atoms with E-state index in [9.17, 15) is 23.2 Å². The molecule has 3 aromatic rings. The van der Waals surface area contributed by atoms with Crippen LogP contribution in [0.1, 0.15) is 41.9 Å². The lowest BCUT2D eigenvalue weighted by Gasteiger charge is -2.35. The third-order valence-corrected chi connectivity index (χ3v) is 6.19. The fourth-order valence-electron chi connectivity index (χ4n) is 4.01. The molecule has 1 atom stereocenters. The zero-order valence-electron chi connectivity index (χ0n) is 21.8. The highest BCUT2D eigenvalue weighted by Gasteiger charge is 2.29. The van der Waals surface area contributed by atoms with Crippen LogP contribution >= 0.6 is 0 Å². The smallest absolute Gasteiger partial charge is 0.409 e. The third-order valence-electron chi connectivity index (χ3n) is 6.19. The Hall–Kier alpha value is -4.42. The maximum atomic E-state index is 13.7. The van der Waals surface area contributed by atoms with Crippen molar-refractivity contribution in [3.63, 3.8) is 0 Å².